The maximum absolute atomic E-state index is 12.7. The fraction of sp³-hybridized carbons (Fsp3) is 0.556. The van der Waals surface area contributed by atoms with Crippen molar-refractivity contribution < 1.29 is 14.3 Å². The maximum Gasteiger partial charge on any atom is 0.225 e. The monoisotopic (exact) mass is 316 g/mol. The molecule has 0 aromatic heterocycles. The van der Waals surface area contributed by atoms with Crippen molar-refractivity contribution >= 4 is 11.8 Å². The molecule has 0 radical (unpaired) electrons. The van der Waals surface area contributed by atoms with Gasteiger partial charge in [-0.2, -0.15) is 0 Å². The third-order valence-corrected chi connectivity index (χ3v) is 4.74. The van der Waals surface area contributed by atoms with Crippen LogP contribution in [0.15, 0.2) is 24.3 Å². The number of nitrogens with one attached hydrogen (secondary N) is 1. The van der Waals surface area contributed by atoms with Gasteiger partial charge in [-0.1, -0.05) is 12.1 Å². The van der Waals surface area contributed by atoms with Crippen molar-refractivity contribution in [1.29, 1.82) is 0 Å². The molecule has 1 N–H and O–H groups in total. The predicted molar refractivity (Wildman–Crippen MR) is 87.0 cm³/mol. The predicted octanol–water partition coefficient (Wildman–Crippen LogP) is 2.27. The van der Waals surface area contributed by atoms with Crippen LogP contribution in [0.25, 0.3) is 0 Å². The second-order valence-corrected chi connectivity index (χ2v) is 6.33. The summed E-state index contributed by atoms with van der Waals surface area (Å²) in [5, 5.41) is 3.10. The Morgan fingerprint density at radius 1 is 1.35 bits per heavy atom. The summed E-state index contributed by atoms with van der Waals surface area (Å²) in [5.41, 5.74) is 0.968. The number of benzene rings is 1. The van der Waals surface area contributed by atoms with Crippen LogP contribution in [0.4, 0.5) is 0 Å². The fourth-order valence-electron chi connectivity index (χ4n) is 3.37. The maximum atomic E-state index is 12.7. The van der Waals surface area contributed by atoms with Gasteiger partial charge in [-0.05, 0) is 43.9 Å². The third-order valence-electron chi connectivity index (χ3n) is 4.74. The van der Waals surface area contributed by atoms with Crippen LogP contribution in [0.1, 0.15) is 44.2 Å². The minimum absolute atomic E-state index is 0.0752. The molecule has 0 spiro atoms. The van der Waals surface area contributed by atoms with Gasteiger partial charge in [0.05, 0.1) is 19.1 Å². The lowest BCUT2D eigenvalue weighted by molar-refractivity contribution is -0.143. The molecule has 1 aromatic carbocycles. The van der Waals surface area contributed by atoms with Crippen molar-refractivity contribution in [3.63, 3.8) is 0 Å². The lowest BCUT2D eigenvalue weighted by Crippen LogP contribution is -2.48. The highest BCUT2D eigenvalue weighted by Crippen LogP contribution is 2.38. The molecule has 1 saturated carbocycles. The lowest BCUT2D eigenvalue weighted by Gasteiger charge is -2.40. The number of rotatable bonds is 5. The smallest absolute Gasteiger partial charge is 0.225 e. The van der Waals surface area contributed by atoms with Gasteiger partial charge in [-0.3, -0.25) is 9.59 Å². The molecule has 5 nitrogen and oxygen atoms in total. The van der Waals surface area contributed by atoms with E-state index in [-0.39, 0.29) is 23.8 Å². The number of amides is 2. The number of piperidine rings is 1. The number of likely N-dealkylation sites (tertiary alicyclic amines) is 1. The Hall–Kier alpha value is -2.04. The van der Waals surface area contributed by atoms with Gasteiger partial charge in [0.1, 0.15) is 5.75 Å². The fourth-order valence-corrected chi connectivity index (χ4v) is 3.37. The van der Waals surface area contributed by atoms with E-state index in [4.69, 9.17) is 4.74 Å². The Morgan fingerprint density at radius 3 is 2.78 bits per heavy atom. The first kappa shape index (κ1) is 15.8. The number of methoxy groups -OCH3 is 1. The highest BCUT2D eigenvalue weighted by atomic mass is 16.5. The standard InChI is InChI=1S/C18H24N2O3/c1-3-20-16(21)10-9-15(18(22)19-13-7-8-13)17(20)12-5-4-6-14(11-12)23-2/h4-6,11,13,15,17H,3,7-10H2,1-2H3,(H,19,22)/t15-,17+/m1/s1. The van der Waals surface area contributed by atoms with Gasteiger partial charge >= 0.3 is 0 Å². The SMILES string of the molecule is CCN1C(=O)CC[C@@H](C(=O)NC2CC2)[C@@H]1c1cccc(OC)c1. The summed E-state index contributed by atoms with van der Waals surface area (Å²) in [6.07, 6.45) is 3.18. The van der Waals surface area contributed by atoms with Gasteiger partial charge < -0.3 is 15.0 Å². The van der Waals surface area contributed by atoms with Crippen LogP contribution in [0.5, 0.6) is 5.75 Å². The molecule has 1 aromatic rings. The van der Waals surface area contributed by atoms with Crippen LogP contribution in [-0.4, -0.2) is 36.4 Å². The van der Waals surface area contributed by atoms with Crippen molar-refractivity contribution in [1.82, 2.24) is 10.2 Å². The topological polar surface area (TPSA) is 58.6 Å². The average Bonchev–Trinajstić information content (AvgIpc) is 3.38. The molecule has 1 aliphatic carbocycles. The third kappa shape index (κ3) is 3.33. The number of hydrogen-bond donors (Lipinski definition) is 1. The quantitative estimate of drug-likeness (QED) is 0.906. The van der Waals surface area contributed by atoms with Crippen LogP contribution in [0.3, 0.4) is 0 Å². The summed E-state index contributed by atoms with van der Waals surface area (Å²) < 4.78 is 5.31. The number of hydrogen-bond acceptors (Lipinski definition) is 3. The largest absolute Gasteiger partial charge is 0.497 e. The zero-order chi connectivity index (χ0) is 16.4. The molecule has 1 heterocycles. The minimum Gasteiger partial charge on any atom is -0.497 e. The first-order valence-electron chi connectivity index (χ1n) is 8.37. The number of ether oxygens (including phenoxy) is 1. The molecular formula is C18H24N2O3. The van der Waals surface area contributed by atoms with E-state index in [9.17, 15) is 9.59 Å². The van der Waals surface area contributed by atoms with Gasteiger partial charge in [0, 0.05) is 19.0 Å². The van der Waals surface area contributed by atoms with E-state index in [1.165, 1.54) is 0 Å². The van der Waals surface area contributed by atoms with Crippen LogP contribution in [0, 0.1) is 5.92 Å². The van der Waals surface area contributed by atoms with Crippen LogP contribution in [0.2, 0.25) is 0 Å². The van der Waals surface area contributed by atoms with E-state index in [2.05, 4.69) is 5.32 Å². The molecule has 2 aliphatic rings. The Morgan fingerprint density at radius 2 is 2.13 bits per heavy atom. The zero-order valence-electron chi connectivity index (χ0n) is 13.7. The molecule has 23 heavy (non-hydrogen) atoms. The van der Waals surface area contributed by atoms with Gasteiger partial charge in [0.2, 0.25) is 11.8 Å². The minimum atomic E-state index is -0.213. The molecule has 2 fully saturated rings. The number of nitrogens with zero attached hydrogens (tertiary/aromatic N) is 1. The van der Waals surface area contributed by atoms with Gasteiger partial charge in [-0.25, -0.2) is 0 Å². The first-order valence-corrected chi connectivity index (χ1v) is 8.37. The van der Waals surface area contributed by atoms with E-state index in [0.717, 1.165) is 24.2 Å². The molecule has 2 amide bonds. The molecule has 1 aliphatic heterocycles. The zero-order valence-corrected chi connectivity index (χ0v) is 13.7. The first-order chi connectivity index (χ1) is 11.1. The van der Waals surface area contributed by atoms with Crippen molar-refractivity contribution in [2.24, 2.45) is 5.92 Å². The molecule has 0 bridgehead atoms. The normalized spacial score (nSPS) is 24.4. The Kier molecular flexibility index (Phi) is 4.55. The Labute approximate surface area is 137 Å². The van der Waals surface area contributed by atoms with Gasteiger partial charge in [0.25, 0.3) is 0 Å². The van der Waals surface area contributed by atoms with Crippen molar-refractivity contribution in [2.45, 2.75) is 44.7 Å². The van der Waals surface area contributed by atoms with Crippen LogP contribution in [-0.2, 0) is 9.59 Å². The molecule has 0 unspecified atom stereocenters. The van der Waals surface area contributed by atoms with E-state index in [1.54, 1.807) is 7.11 Å². The molecule has 124 valence electrons. The van der Waals surface area contributed by atoms with Gasteiger partial charge in [0.15, 0.2) is 0 Å². The van der Waals surface area contributed by atoms with Crippen LogP contribution >= 0.6 is 0 Å². The summed E-state index contributed by atoms with van der Waals surface area (Å²) >= 11 is 0. The second-order valence-electron chi connectivity index (χ2n) is 6.33. The number of carbonyl (C=O) groups excluding carboxylic acids is 2. The molecule has 2 atom stereocenters. The van der Waals surface area contributed by atoms with E-state index >= 15 is 0 Å². The summed E-state index contributed by atoms with van der Waals surface area (Å²) in [7, 11) is 1.63. The molecular weight excluding hydrogens is 292 g/mol. The van der Waals surface area contributed by atoms with Gasteiger partial charge in [-0.15, -0.1) is 0 Å². The average molecular weight is 316 g/mol. The van der Waals surface area contributed by atoms with Crippen molar-refractivity contribution in [3.8, 4) is 5.75 Å². The van der Waals surface area contributed by atoms with E-state index < -0.39 is 0 Å². The Balaban J connectivity index is 1.92. The summed E-state index contributed by atoms with van der Waals surface area (Å²) in [4.78, 5) is 26.8. The van der Waals surface area contributed by atoms with E-state index in [1.807, 2.05) is 36.1 Å². The molecule has 3 rings (SSSR count). The van der Waals surface area contributed by atoms with E-state index in [0.29, 0.717) is 25.4 Å². The highest BCUT2D eigenvalue weighted by molar-refractivity contribution is 5.85. The Bertz CT molecular complexity index is 598. The lowest BCUT2D eigenvalue weighted by atomic mass is 9.83. The van der Waals surface area contributed by atoms with Crippen molar-refractivity contribution in [3.05, 3.63) is 29.8 Å². The second kappa shape index (κ2) is 6.60. The summed E-state index contributed by atoms with van der Waals surface area (Å²) in [6.45, 7) is 2.57. The highest BCUT2D eigenvalue weighted by Gasteiger charge is 2.41. The summed E-state index contributed by atoms with van der Waals surface area (Å²) in [5.74, 6) is 0.750. The van der Waals surface area contributed by atoms with Crippen LogP contribution < -0.4 is 10.1 Å². The van der Waals surface area contributed by atoms with Crippen molar-refractivity contribution in [2.75, 3.05) is 13.7 Å². The number of carbonyl (C=O) groups is 2. The summed E-state index contributed by atoms with van der Waals surface area (Å²) in [6, 6.07) is 7.83. The molecule has 1 saturated heterocycles. The molecule has 5 heteroatoms.